The first-order valence-corrected chi connectivity index (χ1v) is 7.01. The minimum atomic E-state index is -0.889. The van der Waals surface area contributed by atoms with Crippen LogP contribution in [0.3, 0.4) is 0 Å². The fourth-order valence-corrected chi connectivity index (χ4v) is 2.71. The molecule has 6 nitrogen and oxygen atoms in total. The summed E-state index contributed by atoms with van der Waals surface area (Å²) in [6, 6.07) is 3.61. The van der Waals surface area contributed by atoms with Gasteiger partial charge in [0.2, 0.25) is 5.91 Å². The lowest BCUT2D eigenvalue weighted by atomic mass is 10.0. The molecule has 1 aliphatic rings. The first kappa shape index (κ1) is 14.6. The van der Waals surface area contributed by atoms with Gasteiger partial charge in [-0.3, -0.25) is 9.69 Å². The number of aromatic nitrogens is 1. The van der Waals surface area contributed by atoms with Crippen molar-refractivity contribution in [1.82, 2.24) is 14.8 Å². The summed E-state index contributed by atoms with van der Waals surface area (Å²) in [5.74, 6) is -0.835. The predicted octanol–water partition coefficient (Wildman–Crippen LogP) is 0.959. The van der Waals surface area contributed by atoms with E-state index >= 15 is 0 Å². The zero-order chi connectivity index (χ0) is 14.5. The smallest absolute Gasteiger partial charge is 0.352 e. The quantitative estimate of drug-likeness (QED) is 0.842. The Bertz CT molecular complexity index is 476. The number of aromatic carboxylic acids is 1. The molecule has 0 saturated carbocycles. The second-order valence-electron chi connectivity index (χ2n) is 5.07. The lowest BCUT2D eigenvalue weighted by Crippen LogP contribution is -2.42. The van der Waals surface area contributed by atoms with Crippen molar-refractivity contribution in [1.29, 1.82) is 0 Å². The van der Waals surface area contributed by atoms with Gasteiger partial charge < -0.3 is 15.0 Å². The number of carboxylic acid groups (broad SMARTS) is 1. The summed E-state index contributed by atoms with van der Waals surface area (Å²) in [7, 11) is 0. The Balaban J connectivity index is 1.89. The van der Waals surface area contributed by atoms with Crippen molar-refractivity contribution in [3.05, 3.63) is 24.0 Å². The van der Waals surface area contributed by atoms with Gasteiger partial charge >= 0.3 is 5.97 Å². The predicted molar refractivity (Wildman–Crippen MR) is 74.8 cm³/mol. The third-order valence-electron chi connectivity index (χ3n) is 3.69. The summed E-state index contributed by atoms with van der Waals surface area (Å²) < 4.78 is 1.84. The minimum absolute atomic E-state index is 0.0538. The van der Waals surface area contributed by atoms with Crippen LogP contribution in [-0.2, 0) is 4.79 Å². The zero-order valence-corrected chi connectivity index (χ0v) is 11.7. The van der Waals surface area contributed by atoms with E-state index < -0.39 is 5.97 Å². The van der Waals surface area contributed by atoms with Gasteiger partial charge in [-0.25, -0.2) is 4.79 Å². The number of carboxylic acids is 1. The van der Waals surface area contributed by atoms with Gasteiger partial charge in [-0.1, -0.05) is 0 Å². The van der Waals surface area contributed by atoms with Crippen molar-refractivity contribution in [3.63, 3.8) is 0 Å². The fourth-order valence-electron chi connectivity index (χ4n) is 2.71. The highest BCUT2D eigenvalue weighted by molar-refractivity contribution is 5.85. The maximum Gasteiger partial charge on any atom is 0.352 e. The minimum Gasteiger partial charge on any atom is -0.477 e. The number of nitrogens with zero attached hydrogens (tertiary/aromatic N) is 2. The molecule has 1 aromatic heterocycles. The summed E-state index contributed by atoms with van der Waals surface area (Å²) in [6.07, 6.45) is 3.57. The van der Waals surface area contributed by atoms with Gasteiger partial charge in [0.1, 0.15) is 5.69 Å². The van der Waals surface area contributed by atoms with Crippen LogP contribution in [0.15, 0.2) is 18.3 Å². The number of amides is 1. The molecule has 1 fully saturated rings. The molecule has 0 atom stereocenters. The maximum atomic E-state index is 11.5. The van der Waals surface area contributed by atoms with Crippen LogP contribution in [0, 0.1) is 0 Å². The Morgan fingerprint density at radius 2 is 2.10 bits per heavy atom. The van der Waals surface area contributed by atoms with E-state index in [0.717, 1.165) is 25.9 Å². The van der Waals surface area contributed by atoms with Gasteiger partial charge in [-0.15, -0.1) is 0 Å². The van der Waals surface area contributed by atoms with Crippen LogP contribution in [0.1, 0.15) is 36.3 Å². The molecule has 0 aliphatic carbocycles. The van der Waals surface area contributed by atoms with E-state index in [1.54, 1.807) is 12.1 Å². The van der Waals surface area contributed by atoms with E-state index in [1.165, 1.54) is 0 Å². The lowest BCUT2D eigenvalue weighted by Gasteiger charge is -2.32. The fraction of sp³-hybridized carbons (Fsp3) is 0.571. The number of rotatable bonds is 5. The molecule has 1 aromatic rings. The number of likely N-dealkylation sites (tertiary alicyclic amines) is 1. The SMILES string of the molecule is CCNC(=O)CN1CCC(n2cccc2C(=O)O)CC1. The van der Waals surface area contributed by atoms with Gasteiger partial charge in [0.15, 0.2) is 0 Å². The van der Waals surface area contributed by atoms with E-state index in [4.69, 9.17) is 5.11 Å². The first-order valence-electron chi connectivity index (χ1n) is 7.01. The molecule has 2 heterocycles. The highest BCUT2D eigenvalue weighted by Gasteiger charge is 2.24. The Morgan fingerprint density at radius 3 is 2.70 bits per heavy atom. The summed E-state index contributed by atoms with van der Waals surface area (Å²) in [5, 5.41) is 11.9. The molecule has 1 aliphatic heterocycles. The normalized spacial score (nSPS) is 17.1. The monoisotopic (exact) mass is 279 g/mol. The highest BCUT2D eigenvalue weighted by Crippen LogP contribution is 2.24. The summed E-state index contributed by atoms with van der Waals surface area (Å²) >= 11 is 0. The summed E-state index contributed by atoms with van der Waals surface area (Å²) in [5.41, 5.74) is 0.340. The van der Waals surface area contributed by atoms with Crippen LogP contribution in [0.4, 0.5) is 0 Å². The average molecular weight is 279 g/mol. The van der Waals surface area contributed by atoms with E-state index in [2.05, 4.69) is 10.2 Å². The van der Waals surface area contributed by atoms with E-state index in [0.29, 0.717) is 18.8 Å². The molecule has 1 saturated heterocycles. The molecule has 110 valence electrons. The number of hydrogen-bond donors (Lipinski definition) is 2. The Kier molecular flexibility index (Phi) is 4.79. The standard InChI is InChI=1S/C14H21N3O3/c1-2-15-13(18)10-16-8-5-11(6-9-16)17-7-3-4-12(17)14(19)20/h3-4,7,11H,2,5-6,8-10H2,1H3,(H,15,18)(H,19,20). The van der Waals surface area contributed by atoms with Crippen molar-refractivity contribution in [2.75, 3.05) is 26.2 Å². The molecule has 2 rings (SSSR count). The molecule has 0 aromatic carbocycles. The highest BCUT2D eigenvalue weighted by atomic mass is 16.4. The van der Waals surface area contributed by atoms with Crippen LogP contribution in [0.2, 0.25) is 0 Å². The Hall–Kier alpha value is -1.82. The second-order valence-corrected chi connectivity index (χ2v) is 5.07. The van der Waals surface area contributed by atoms with Crippen LogP contribution in [0.25, 0.3) is 0 Å². The molecule has 1 amide bonds. The molecule has 0 bridgehead atoms. The maximum absolute atomic E-state index is 11.5. The molecular weight excluding hydrogens is 258 g/mol. The summed E-state index contributed by atoms with van der Waals surface area (Å²) in [6.45, 7) is 4.63. The number of carbonyl (C=O) groups is 2. The van der Waals surface area contributed by atoms with E-state index in [9.17, 15) is 9.59 Å². The van der Waals surface area contributed by atoms with Crippen LogP contribution >= 0.6 is 0 Å². The third-order valence-corrected chi connectivity index (χ3v) is 3.69. The summed E-state index contributed by atoms with van der Waals surface area (Å²) in [4.78, 5) is 24.8. The van der Waals surface area contributed by atoms with Crippen LogP contribution in [0.5, 0.6) is 0 Å². The molecular formula is C14H21N3O3. The van der Waals surface area contributed by atoms with Gasteiger partial charge in [0.25, 0.3) is 0 Å². The van der Waals surface area contributed by atoms with E-state index in [1.807, 2.05) is 17.7 Å². The molecule has 0 spiro atoms. The van der Waals surface area contributed by atoms with Gasteiger partial charge in [-0.2, -0.15) is 0 Å². The third kappa shape index (κ3) is 3.39. The number of piperidine rings is 1. The molecule has 20 heavy (non-hydrogen) atoms. The van der Waals surface area contributed by atoms with Gasteiger partial charge in [0.05, 0.1) is 6.54 Å². The number of likely N-dealkylation sites (N-methyl/N-ethyl adjacent to an activating group) is 1. The molecule has 0 radical (unpaired) electrons. The van der Waals surface area contributed by atoms with Gasteiger partial charge in [-0.05, 0) is 31.9 Å². The van der Waals surface area contributed by atoms with Crippen LogP contribution < -0.4 is 5.32 Å². The van der Waals surface area contributed by atoms with Crippen molar-refractivity contribution >= 4 is 11.9 Å². The number of nitrogens with one attached hydrogen (secondary N) is 1. The van der Waals surface area contributed by atoms with Gasteiger partial charge in [0, 0.05) is 31.9 Å². The van der Waals surface area contributed by atoms with Crippen LogP contribution in [-0.4, -0.2) is 52.6 Å². The van der Waals surface area contributed by atoms with Crippen molar-refractivity contribution in [2.45, 2.75) is 25.8 Å². The Morgan fingerprint density at radius 1 is 1.40 bits per heavy atom. The lowest BCUT2D eigenvalue weighted by molar-refractivity contribution is -0.122. The first-order chi connectivity index (χ1) is 9.61. The number of hydrogen-bond acceptors (Lipinski definition) is 3. The molecule has 0 unspecified atom stereocenters. The van der Waals surface area contributed by atoms with Crippen molar-refractivity contribution in [3.8, 4) is 0 Å². The van der Waals surface area contributed by atoms with E-state index in [-0.39, 0.29) is 11.9 Å². The van der Waals surface area contributed by atoms with Crippen molar-refractivity contribution < 1.29 is 14.7 Å². The molecule has 6 heteroatoms. The molecule has 2 N–H and O–H groups in total. The van der Waals surface area contributed by atoms with Crippen molar-refractivity contribution in [2.24, 2.45) is 0 Å². The topological polar surface area (TPSA) is 74.6 Å². The Labute approximate surface area is 118 Å². The average Bonchev–Trinajstić information content (AvgIpc) is 2.89. The zero-order valence-electron chi connectivity index (χ0n) is 11.7. The number of carbonyl (C=O) groups excluding carboxylic acids is 1. The largest absolute Gasteiger partial charge is 0.477 e. The second kappa shape index (κ2) is 6.56.